The van der Waals surface area contributed by atoms with E-state index in [1.165, 1.54) is 0 Å². The van der Waals surface area contributed by atoms with Gasteiger partial charge >= 0.3 is 0 Å². The van der Waals surface area contributed by atoms with Gasteiger partial charge in [-0.2, -0.15) is 0 Å². The zero-order valence-electron chi connectivity index (χ0n) is 23.3. The molecule has 1 amide bonds. The smallest absolute Gasteiger partial charge is 0.295 e. The Morgan fingerprint density at radius 1 is 1.05 bits per heavy atom. The van der Waals surface area contributed by atoms with Gasteiger partial charge in [0, 0.05) is 24.5 Å². The lowest BCUT2D eigenvalue weighted by Crippen LogP contribution is -2.33. The normalized spacial score (nSPS) is 17.0. The number of pyridine rings is 1. The highest BCUT2D eigenvalue weighted by molar-refractivity contribution is 6.46. The summed E-state index contributed by atoms with van der Waals surface area (Å²) in [6.07, 6.45) is 4.70. The summed E-state index contributed by atoms with van der Waals surface area (Å²) in [4.78, 5) is 34.4. The molecule has 1 unspecified atom stereocenters. The number of amides is 1. The number of aliphatic hydroxyl groups excluding tert-OH is 1. The van der Waals surface area contributed by atoms with Crippen LogP contribution in [0.3, 0.4) is 0 Å². The summed E-state index contributed by atoms with van der Waals surface area (Å²) < 4.78 is 11.9. The van der Waals surface area contributed by atoms with Crippen molar-refractivity contribution in [2.24, 2.45) is 5.92 Å². The van der Waals surface area contributed by atoms with E-state index in [4.69, 9.17) is 9.47 Å². The molecule has 0 aliphatic carbocycles. The summed E-state index contributed by atoms with van der Waals surface area (Å²) >= 11 is 0. The van der Waals surface area contributed by atoms with E-state index >= 15 is 0 Å². The first kappa shape index (κ1) is 29.2. The molecule has 1 atom stereocenters. The topological polar surface area (TPSA) is 92.2 Å². The van der Waals surface area contributed by atoms with Crippen LogP contribution in [-0.2, 0) is 9.59 Å². The molecule has 2 heterocycles. The highest BCUT2D eigenvalue weighted by Crippen LogP contribution is 2.42. The fourth-order valence-corrected chi connectivity index (χ4v) is 4.61. The molecule has 0 saturated carbocycles. The minimum absolute atomic E-state index is 0.0694. The summed E-state index contributed by atoms with van der Waals surface area (Å²) in [5.41, 5.74) is 1.19. The van der Waals surface area contributed by atoms with Crippen molar-refractivity contribution in [1.82, 2.24) is 14.8 Å². The molecule has 8 nitrogen and oxygen atoms in total. The third-order valence-corrected chi connectivity index (χ3v) is 6.80. The van der Waals surface area contributed by atoms with Crippen LogP contribution in [0.1, 0.15) is 64.6 Å². The Bertz CT molecular complexity index is 1110. The zero-order valence-corrected chi connectivity index (χ0v) is 23.3. The molecular weight excluding hydrogens is 482 g/mol. The van der Waals surface area contributed by atoms with Crippen LogP contribution in [0.2, 0.25) is 0 Å². The van der Waals surface area contributed by atoms with E-state index in [9.17, 15) is 14.7 Å². The van der Waals surface area contributed by atoms with Crippen molar-refractivity contribution in [3.05, 3.63) is 59.4 Å². The molecule has 8 heteroatoms. The zero-order chi connectivity index (χ0) is 27.7. The van der Waals surface area contributed by atoms with Gasteiger partial charge in [0.1, 0.15) is 5.76 Å². The lowest BCUT2D eigenvalue weighted by Gasteiger charge is -2.27. The average Bonchev–Trinajstić information content (AvgIpc) is 3.17. The molecule has 1 aromatic heterocycles. The fraction of sp³-hybridized carbons (Fsp3) is 0.500. The number of likely N-dealkylation sites (tertiary alicyclic amines) is 1. The number of aliphatic hydroxyl groups is 1. The van der Waals surface area contributed by atoms with Gasteiger partial charge < -0.3 is 24.4 Å². The largest absolute Gasteiger partial charge is 0.507 e. The average molecular weight is 524 g/mol. The number of aromatic nitrogens is 1. The number of carbonyl (C=O) groups is 2. The van der Waals surface area contributed by atoms with E-state index in [0.717, 1.165) is 26.1 Å². The Labute approximate surface area is 226 Å². The van der Waals surface area contributed by atoms with Crippen molar-refractivity contribution in [3.63, 3.8) is 0 Å². The summed E-state index contributed by atoms with van der Waals surface area (Å²) in [6.45, 7) is 14.4. The van der Waals surface area contributed by atoms with Gasteiger partial charge in [-0.1, -0.05) is 33.8 Å². The van der Waals surface area contributed by atoms with Crippen LogP contribution in [0.25, 0.3) is 5.76 Å². The molecule has 1 saturated heterocycles. The van der Waals surface area contributed by atoms with Crippen molar-refractivity contribution in [2.45, 2.75) is 53.5 Å². The Morgan fingerprint density at radius 3 is 2.39 bits per heavy atom. The minimum atomic E-state index is -0.746. The van der Waals surface area contributed by atoms with Crippen LogP contribution in [0.5, 0.6) is 11.5 Å². The maximum Gasteiger partial charge on any atom is 0.295 e. The SMILES string of the molecule is CCOc1cc(C2/C(=C(\O)c3ccncc3)C(=O)C(=O)N2CCCN(CC)CC)ccc1OCCC(C)C. The summed E-state index contributed by atoms with van der Waals surface area (Å²) in [5.74, 6) is 0.157. The molecule has 2 aromatic rings. The van der Waals surface area contributed by atoms with Gasteiger partial charge in [-0.25, -0.2) is 0 Å². The molecule has 3 rings (SSSR count). The van der Waals surface area contributed by atoms with E-state index in [1.807, 2.05) is 25.1 Å². The Balaban J connectivity index is 2.04. The van der Waals surface area contributed by atoms with E-state index in [1.54, 1.807) is 29.4 Å². The number of carbonyl (C=O) groups excluding carboxylic acids is 2. The van der Waals surface area contributed by atoms with Gasteiger partial charge in [-0.05, 0) is 75.1 Å². The molecule has 0 bridgehead atoms. The highest BCUT2D eigenvalue weighted by Gasteiger charge is 2.46. The maximum absolute atomic E-state index is 13.3. The van der Waals surface area contributed by atoms with Crippen molar-refractivity contribution in [1.29, 1.82) is 0 Å². The van der Waals surface area contributed by atoms with Crippen LogP contribution in [0, 0.1) is 5.92 Å². The van der Waals surface area contributed by atoms with Crippen molar-refractivity contribution >= 4 is 17.4 Å². The molecular formula is C30H41N3O5. The van der Waals surface area contributed by atoms with Gasteiger partial charge in [-0.15, -0.1) is 0 Å². The molecule has 1 fully saturated rings. The van der Waals surface area contributed by atoms with Gasteiger partial charge in [0.25, 0.3) is 11.7 Å². The van der Waals surface area contributed by atoms with Crippen LogP contribution < -0.4 is 9.47 Å². The van der Waals surface area contributed by atoms with Gasteiger partial charge in [-0.3, -0.25) is 14.6 Å². The monoisotopic (exact) mass is 523 g/mol. The number of hydrogen-bond acceptors (Lipinski definition) is 7. The molecule has 1 aromatic carbocycles. The third kappa shape index (κ3) is 6.92. The number of ketones is 1. The number of nitrogens with zero attached hydrogens (tertiary/aromatic N) is 3. The van der Waals surface area contributed by atoms with Gasteiger partial charge in [0.2, 0.25) is 0 Å². The van der Waals surface area contributed by atoms with Crippen molar-refractivity contribution in [2.75, 3.05) is 39.4 Å². The molecule has 0 radical (unpaired) electrons. The second-order valence-electron chi connectivity index (χ2n) is 9.78. The lowest BCUT2D eigenvalue weighted by molar-refractivity contribution is -0.140. The fourth-order valence-electron chi connectivity index (χ4n) is 4.61. The standard InChI is InChI=1S/C30H41N3O5/c1-6-32(7-2)17-9-18-33-27(26(29(35)30(33)36)28(34)22-12-15-31-16-13-22)23-10-11-24(25(20-23)37-8-3)38-19-14-21(4)5/h10-13,15-16,20-21,27,34H,6-9,14,17-19H2,1-5H3/b28-26+. The first-order chi connectivity index (χ1) is 18.3. The van der Waals surface area contributed by atoms with Crippen LogP contribution in [0.15, 0.2) is 48.3 Å². The van der Waals surface area contributed by atoms with Crippen molar-refractivity contribution < 1.29 is 24.2 Å². The van der Waals surface area contributed by atoms with E-state index in [-0.39, 0.29) is 11.3 Å². The Morgan fingerprint density at radius 2 is 1.76 bits per heavy atom. The predicted octanol–water partition coefficient (Wildman–Crippen LogP) is 5.06. The first-order valence-corrected chi connectivity index (χ1v) is 13.6. The molecule has 206 valence electrons. The van der Waals surface area contributed by atoms with Crippen LogP contribution >= 0.6 is 0 Å². The number of rotatable bonds is 14. The molecule has 1 aliphatic heterocycles. The van der Waals surface area contributed by atoms with Gasteiger partial charge in [0.15, 0.2) is 11.5 Å². The van der Waals surface area contributed by atoms with Crippen LogP contribution in [0.4, 0.5) is 0 Å². The van der Waals surface area contributed by atoms with Gasteiger partial charge in [0.05, 0.1) is 24.8 Å². The summed E-state index contributed by atoms with van der Waals surface area (Å²) in [6, 6.07) is 7.99. The first-order valence-electron chi connectivity index (χ1n) is 13.6. The highest BCUT2D eigenvalue weighted by atomic mass is 16.5. The number of Topliss-reactive ketones (excluding diaryl/α,β-unsaturated/α-hetero) is 1. The number of benzene rings is 1. The third-order valence-electron chi connectivity index (χ3n) is 6.80. The molecule has 1 aliphatic rings. The quantitative estimate of drug-likeness (QED) is 0.210. The molecule has 1 N–H and O–H groups in total. The van der Waals surface area contributed by atoms with E-state index < -0.39 is 17.7 Å². The van der Waals surface area contributed by atoms with E-state index in [0.29, 0.717) is 54.7 Å². The van der Waals surface area contributed by atoms with E-state index in [2.05, 4.69) is 37.6 Å². The summed E-state index contributed by atoms with van der Waals surface area (Å²) in [5, 5.41) is 11.2. The minimum Gasteiger partial charge on any atom is -0.507 e. The Hall–Kier alpha value is -3.39. The molecule has 0 spiro atoms. The number of hydrogen-bond donors (Lipinski definition) is 1. The maximum atomic E-state index is 13.3. The number of ether oxygens (including phenoxy) is 2. The second kappa shape index (κ2) is 14.0. The van der Waals surface area contributed by atoms with Crippen molar-refractivity contribution in [3.8, 4) is 11.5 Å². The predicted molar refractivity (Wildman–Crippen MR) is 148 cm³/mol. The molecule has 38 heavy (non-hydrogen) atoms. The summed E-state index contributed by atoms with van der Waals surface area (Å²) in [7, 11) is 0. The Kier molecular flexibility index (Phi) is 10.7. The lowest BCUT2D eigenvalue weighted by atomic mass is 9.95. The van der Waals surface area contributed by atoms with Crippen LogP contribution in [-0.4, -0.2) is 71.0 Å². The second-order valence-corrected chi connectivity index (χ2v) is 9.78.